The molecule has 0 aliphatic rings. The van der Waals surface area contributed by atoms with Gasteiger partial charge in [0.15, 0.2) is 0 Å². The van der Waals surface area contributed by atoms with Crippen molar-refractivity contribution in [1.82, 2.24) is 5.09 Å². The van der Waals surface area contributed by atoms with E-state index in [-0.39, 0.29) is 46.0 Å². The Morgan fingerprint density at radius 2 is 1.42 bits per heavy atom. The van der Waals surface area contributed by atoms with Gasteiger partial charge in [-0.3, -0.25) is 19.2 Å². The van der Waals surface area contributed by atoms with Crippen LogP contribution < -0.4 is 29.0 Å². The molecule has 13 heteroatoms. The summed E-state index contributed by atoms with van der Waals surface area (Å²) in [5.41, 5.74) is 0.699. The van der Waals surface area contributed by atoms with Gasteiger partial charge in [0.25, 0.3) is 0 Å². The molecule has 12 nitrogen and oxygen atoms in total. The number of nitrogens with one attached hydrogen (secondary N) is 1. The smallest absolute Gasteiger partial charge is 0.468 e. The second kappa shape index (κ2) is 14.8. The van der Waals surface area contributed by atoms with Crippen LogP contribution in [0.4, 0.5) is 0 Å². The highest BCUT2D eigenvalue weighted by Crippen LogP contribution is 2.47. The van der Waals surface area contributed by atoms with E-state index in [1.165, 1.54) is 44.6 Å². The number of hydrogen-bond donors (Lipinski definition) is 1. The van der Waals surface area contributed by atoms with Crippen LogP contribution in [0.2, 0.25) is 0 Å². The average molecular weight is 672 g/mol. The third-order valence-corrected chi connectivity index (χ3v) is 8.30. The van der Waals surface area contributed by atoms with E-state index in [0.717, 1.165) is 12.5 Å². The second-order valence-corrected chi connectivity index (χ2v) is 12.0. The Kier molecular flexibility index (Phi) is 10.4. The lowest BCUT2D eigenvalue weighted by Gasteiger charge is -2.25. The molecule has 48 heavy (non-hydrogen) atoms. The molecule has 1 heterocycles. The Balaban J connectivity index is 1.55. The standard InChI is InChI=1S/C35H30NO11P/c1-22(37)44-26-16-14-25(15-17-26)29-21-43-31-19-28(20-32(45-23(2)38)33(31)34(29)39)47-48(41,46-27-12-8-5-9-13-27)36-30(35(40)42-3)18-24-10-6-4-7-11-24/h4-17,19-21,30H,18H2,1-3H3,(H,36,41)/t30-,48?/m0/s1. The van der Waals surface area contributed by atoms with Crippen molar-refractivity contribution in [3.63, 3.8) is 0 Å². The van der Waals surface area contributed by atoms with Crippen LogP contribution in [-0.4, -0.2) is 31.1 Å². The van der Waals surface area contributed by atoms with Gasteiger partial charge < -0.3 is 27.7 Å². The van der Waals surface area contributed by atoms with Gasteiger partial charge in [0.2, 0.25) is 5.43 Å². The minimum Gasteiger partial charge on any atom is -0.468 e. The van der Waals surface area contributed by atoms with Gasteiger partial charge in [-0.25, -0.2) is 4.57 Å². The molecule has 1 aromatic heterocycles. The van der Waals surface area contributed by atoms with E-state index in [4.69, 9.17) is 27.7 Å². The van der Waals surface area contributed by atoms with Crippen molar-refractivity contribution >= 4 is 36.6 Å². The number of rotatable bonds is 12. The summed E-state index contributed by atoms with van der Waals surface area (Å²) in [6.07, 6.45) is 1.28. The third-order valence-electron chi connectivity index (χ3n) is 6.77. The van der Waals surface area contributed by atoms with Crippen LogP contribution in [0.1, 0.15) is 19.4 Å². The maximum Gasteiger partial charge on any atom is 0.513 e. The van der Waals surface area contributed by atoms with Gasteiger partial charge >= 0.3 is 25.7 Å². The van der Waals surface area contributed by atoms with E-state index in [9.17, 15) is 23.7 Å². The summed E-state index contributed by atoms with van der Waals surface area (Å²) in [7, 11) is -3.29. The minimum atomic E-state index is -4.49. The molecule has 1 unspecified atom stereocenters. The van der Waals surface area contributed by atoms with Crippen LogP contribution in [0.25, 0.3) is 22.1 Å². The zero-order valence-corrected chi connectivity index (χ0v) is 26.9. The lowest BCUT2D eigenvalue weighted by molar-refractivity contribution is -0.142. The molecule has 0 aliphatic heterocycles. The first-order valence-corrected chi connectivity index (χ1v) is 16.1. The molecule has 0 spiro atoms. The van der Waals surface area contributed by atoms with E-state index in [2.05, 4.69) is 5.09 Å². The molecular formula is C35H30NO11P. The van der Waals surface area contributed by atoms with Gasteiger partial charge in [0.1, 0.15) is 46.3 Å². The molecule has 0 amide bonds. The minimum absolute atomic E-state index is 0.0610. The highest BCUT2D eigenvalue weighted by atomic mass is 31.2. The molecular weight excluding hydrogens is 641 g/mol. The van der Waals surface area contributed by atoms with Crippen molar-refractivity contribution < 1.29 is 46.6 Å². The van der Waals surface area contributed by atoms with E-state index in [1.807, 2.05) is 6.07 Å². The quantitative estimate of drug-likeness (QED) is 0.0905. The van der Waals surface area contributed by atoms with Crippen molar-refractivity contribution in [2.24, 2.45) is 0 Å². The number of esters is 3. The van der Waals surface area contributed by atoms with Gasteiger partial charge in [-0.15, -0.1) is 0 Å². The van der Waals surface area contributed by atoms with E-state index >= 15 is 0 Å². The Bertz CT molecular complexity index is 2050. The van der Waals surface area contributed by atoms with E-state index in [0.29, 0.717) is 5.56 Å². The first kappa shape index (κ1) is 33.6. The lowest BCUT2D eigenvalue weighted by atomic mass is 10.0. The molecule has 246 valence electrons. The highest BCUT2D eigenvalue weighted by Gasteiger charge is 2.36. The summed E-state index contributed by atoms with van der Waals surface area (Å²) in [6, 6.07) is 24.6. The predicted octanol–water partition coefficient (Wildman–Crippen LogP) is 6.25. The van der Waals surface area contributed by atoms with Crippen LogP contribution in [0.3, 0.4) is 0 Å². The fourth-order valence-corrected chi connectivity index (χ4v) is 6.25. The zero-order chi connectivity index (χ0) is 34.3. The molecule has 0 saturated heterocycles. The summed E-state index contributed by atoms with van der Waals surface area (Å²) in [6.45, 7) is 2.42. The second-order valence-electron chi connectivity index (χ2n) is 10.4. The molecule has 5 rings (SSSR count). The number of fused-ring (bicyclic) bond motifs is 1. The Morgan fingerprint density at radius 1 is 0.792 bits per heavy atom. The highest BCUT2D eigenvalue weighted by molar-refractivity contribution is 7.52. The molecule has 0 saturated carbocycles. The number of hydrogen-bond acceptors (Lipinski definition) is 11. The fourth-order valence-electron chi connectivity index (χ4n) is 4.74. The molecule has 0 fully saturated rings. The van der Waals surface area contributed by atoms with Gasteiger partial charge in [0, 0.05) is 26.0 Å². The van der Waals surface area contributed by atoms with Crippen molar-refractivity contribution in [1.29, 1.82) is 0 Å². The van der Waals surface area contributed by atoms with Gasteiger partial charge in [-0.05, 0) is 41.8 Å². The van der Waals surface area contributed by atoms with Crippen molar-refractivity contribution in [3.8, 4) is 34.1 Å². The van der Waals surface area contributed by atoms with E-state index < -0.39 is 37.1 Å². The topological polar surface area (TPSA) is 157 Å². The molecule has 5 aromatic rings. The Morgan fingerprint density at radius 3 is 2.04 bits per heavy atom. The first-order chi connectivity index (χ1) is 23.0. The van der Waals surface area contributed by atoms with Gasteiger partial charge in [-0.2, -0.15) is 5.09 Å². The SMILES string of the molecule is COC(=O)[C@H](Cc1ccccc1)NP(=O)(Oc1ccccc1)Oc1cc(OC(C)=O)c2c(=O)c(-c3ccc(OC(C)=O)cc3)coc2c1. The van der Waals surface area contributed by atoms with Crippen LogP contribution in [0.15, 0.2) is 113 Å². The molecule has 1 N–H and O–H groups in total. The number of carbonyl (C=O) groups excluding carboxylic acids is 3. The summed E-state index contributed by atoms with van der Waals surface area (Å²) in [5.74, 6) is -1.93. The summed E-state index contributed by atoms with van der Waals surface area (Å²) < 4.78 is 47.4. The Labute approximate surface area is 274 Å². The van der Waals surface area contributed by atoms with E-state index in [1.54, 1.807) is 66.7 Å². The van der Waals surface area contributed by atoms with Crippen LogP contribution in [-0.2, 0) is 30.1 Å². The van der Waals surface area contributed by atoms with Crippen molar-refractivity contribution in [3.05, 3.63) is 119 Å². The molecule has 4 aromatic carbocycles. The predicted molar refractivity (Wildman–Crippen MR) is 175 cm³/mol. The van der Waals surface area contributed by atoms with Crippen LogP contribution >= 0.6 is 7.75 Å². The lowest BCUT2D eigenvalue weighted by Crippen LogP contribution is -2.39. The summed E-state index contributed by atoms with van der Waals surface area (Å²) >= 11 is 0. The molecule has 0 aliphatic carbocycles. The maximum atomic E-state index is 14.4. The third kappa shape index (κ3) is 8.35. The maximum absolute atomic E-state index is 14.4. The van der Waals surface area contributed by atoms with Crippen molar-refractivity contribution in [2.75, 3.05) is 7.11 Å². The number of benzene rings is 4. The average Bonchev–Trinajstić information content (AvgIpc) is 3.05. The summed E-state index contributed by atoms with van der Waals surface area (Å²) in [5, 5.41) is 2.60. The largest absolute Gasteiger partial charge is 0.513 e. The van der Waals surface area contributed by atoms with Crippen LogP contribution in [0, 0.1) is 0 Å². The fraction of sp³-hybridized carbons (Fsp3) is 0.143. The monoisotopic (exact) mass is 671 g/mol. The number of carbonyl (C=O) groups is 3. The van der Waals surface area contributed by atoms with Gasteiger partial charge in [-0.1, -0.05) is 60.7 Å². The molecule has 2 atom stereocenters. The summed E-state index contributed by atoms with van der Waals surface area (Å²) in [4.78, 5) is 50.0. The number of para-hydroxylation sites is 1. The van der Waals surface area contributed by atoms with Crippen molar-refractivity contribution in [2.45, 2.75) is 26.3 Å². The number of methoxy groups -OCH3 is 1. The first-order valence-electron chi connectivity index (χ1n) is 14.5. The zero-order valence-electron chi connectivity index (χ0n) is 26.0. The van der Waals surface area contributed by atoms with Crippen LogP contribution in [0.5, 0.6) is 23.0 Å². The number of ether oxygens (including phenoxy) is 3. The Hall–Kier alpha value is -5.71. The molecule has 0 bridgehead atoms. The molecule has 0 radical (unpaired) electrons. The normalized spacial score (nSPS) is 12.7. The van der Waals surface area contributed by atoms with Gasteiger partial charge in [0.05, 0.1) is 12.7 Å².